The Kier molecular flexibility index (Phi) is 4.00. The lowest BCUT2D eigenvalue weighted by Crippen LogP contribution is -2.44. The van der Waals surface area contributed by atoms with Crippen molar-refractivity contribution in [2.45, 2.75) is 39.2 Å². The molecular weight excluding hydrogens is 208 g/mol. The smallest absolute Gasteiger partial charge is 0.291 e. The van der Waals surface area contributed by atoms with Crippen molar-refractivity contribution in [2.24, 2.45) is 0 Å². The molecule has 3 N–H and O–H groups in total. The lowest BCUT2D eigenvalue weighted by atomic mass is 10.0. The highest BCUT2D eigenvalue weighted by molar-refractivity contribution is 5.90. The molecule has 16 heavy (non-hydrogen) atoms. The molecule has 0 radical (unpaired) electrons. The third kappa shape index (κ3) is 3.30. The van der Waals surface area contributed by atoms with E-state index in [1.54, 1.807) is 0 Å². The molecule has 1 heterocycles. The Labute approximate surface area is 94.5 Å². The molecule has 0 aliphatic heterocycles. The zero-order chi connectivity index (χ0) is 12.2. The van der Waals surface area contributed by atoms with E-state index in [1.165, 1.54) is 0 Å². The Morgan fingerprint density at radius 1 is 1.56 bits per heavy atom. The van der Waals surface area contributed by atoms with Crippen molar-refractivity contribution in [3.8, 4) is 0 Å². The molecule has 90 valence electrons. The van der Waals surface area contributed by atoms with Crippen LogP contribution >= 0.6 is 0 Å². The van der Waals surface area contributed by atoms with Gasteiger partial charge in [0.15, 0.2) is 0 Å². The summed E-state index contributed by atoms with van der Waals surface area (Å²) in [6.45, 7) is 5.64. The van der Waals surface area contributed by atoms with Crippen LogP contribution in [0.2, 0.25) is 0 Å². The number of H-pyrrole nitrogens is 1. The Bertz CT molecular complexity index is 359. The van der Waals surface area contributed by atoms with Gasteiger partial charge in [-0.3, -0.25) is 9.89 Å². The number of hydrogen-bond donors (Lipinski definition) is 3. The summed E-state index contributed by atoms with van der Waals surface area (Å²) in [7, 11) is 0. The zero-order valence-corrected chi connectivity index (χ0v) is 9.87. The Morgan fingerprint density at radius 3 is 2.75 bits per heavy atom. The van der Waals surface area contributed by atoms with E-state index in [-0.39, 0.29) is 18.3 Å². The molecule has 0 unspecified atom stereocenters. The van der Waals surface area contributed by atoms with Gasteiger partial charge in [0.2, 0.25) is 5.82 Å². The molecule has 1 aromatic rings. The van der Waals surface area contributed by atoms with E-state index in [4.69, 9.17) is 5.11 Å². The first kappa shape index (κ1) is 12.6. The summed E-state index contributed by atoms with van der Waals surface area (Å²) in [5, 5.41) is 18.1. The number of aromatic nitrogens is 3. The van der Waals surface area contributed by atoms with E-state index in [9.17, 15) is 4.79 Å². The number of carbonyl (C=O) groups excluding carboxylic acids is 1. The first-order valence-electron chi connectivity index (χ1n) is 5.33. The largest absolute Gasteiger partial charge is 0.396 e. The molecule has 0 fully saturated rings. The van der Waals surface area contributed by atoms with Crippen LogP contribution in [-0.2, 0) is 6.42 Å². The molecule has 0 spiro atoms. The summed E-state index contributed by atoms with van der Waals surface area (Å²) < 4.78 is 0. The first-order chi connectivity index (χ1) is 7.48. The van der Waals surface area contributed by atoms with Gasteiger partial charge < -0.3 is 10.4 Å². The summed E-state index contributed by atoms with van der Waals surface area (Å²) in [6.07, 6.45) is 1.20. The van der Waals surface area contributed by atoms with Crippen molar-refractivity contribution >= 4 is 5.91 Å². The number of aryl methyl sites for hydroxylation is 1. The molecule has 0 saturated carbocycles. The average molecular weight is 226 g/mol. The molecule has 0 bridgehead atoms. The first-order valence-corrected chi connectivity index (χ1v) is 5.33. The number of carbonyl (C=O) groups is 1. The number of hydrogen-bond acceptors (Lipinski definition) is 4. The van der Waals surface area contributed by atoms with Crippen molar-refractivity contribution in [3.63, 3.8) is 0 Å². The van der Waals surface area contributed by atoms with Crippen LogP contribution < -0.4 is 5.32 Å². The molecule has 6 nitrogen and oxygen atoms in total. The minimum Gasteiger partial charge on any atom is -0.396 e. The van der Waals surface area contributed by atoms with E-state index in [0.29, 0.717) is 18.7 Å². The molecule has 1 rings (SSSR count). The Hall–Kier alpha value is -1.43. The zero-order valence-electron chi connectivity index (χ0n) is 9.87. The van der Waals surface area contributed by atoms with Crippen molar-refractivity contribution in [3.05, 3.63) is 11.6 Å². The molecule has 1 aromatic heterocycles. The van der Waals surface area contributed by atoms with Gasteiger partial charge in [-0.05, 0) is 20.3 Å². The number of aromatic amines is 1. The monoisotopic (exact) mass is 226 g/mol. The summed E-state index contributed by atoms with van der Waals surface area (Å²) >= 11 is 0. The van der Waals surface area contributed by atoms with Crippen molar-refractivity contribution in [1.82, 2.24) is 20.5 Å². The maximum Gasteiger partial charge on any atom is 0.291 e. The van der Waals surface area contributed by atoms with Gasteiger partial charge >= 0.3 is 0 Å². The summed E-state index contributed by atoms with van der Waals surface area (Å²) in [5.74, 6) is 0.502. The highest BCUT2D eigenvalue weighted by Crippen LogP contribution is 2.08. The van der Waals surface area contributed by atoms with Gasteiger partial charge in [0.05, 0.1) is 0 Å². The maximum absolute atomic E-state index is 11.7. The highest BCUT2D eigenvalue weighted by atomic mass is 16.3. The summed E-state index contributed by atoms with van der Waals surface area (Å²) in [5.41, 5.74) is -0.459. The van der Waals surface area contributed by atoms with Gasteiger partial charge in [-0.1, -0.05) is 6.92 Å². The molecular formula is C10H18N4O2. The van der Waals surface area contributed by atoms with Crippen LogP contribution in [0.25, 0.3) is 0 Å². The van der Waals surface area contributed by atoms with Crippen LogP contribution in [0.4, 0.5) is 0 Å². The van der Waals surface area contributed by atoms with E-state index >= 15 is 0 Å². The molecule has 1 amide bonds. The topological polar surface area (TPSA) is 90.9 Å². The average Bonchev–Trinajstić information content (AvgIpc) is 2.64. The number of nitrogens with one attached hydrogen (secondary N) is 2. The maximum atomic E-state index is 11.7. The quantitative estimate of drug-likeness (QED) is 0.671. The highest BCUT2D eigenvalue weighted by Gasteiger charge is 2.22. The fourth-order valence-electron chi connectivity index (χ4n) is 1.26. The Morgan fingerprint density at radius 2 is 2.25 bits per heavy atom. The second-order valence-electron chi connectivity index (χ2n) is 4.27. The van der Waals surface area contributed by atoms with E-state index in [0.717, 1.165) is 0 Å². The third-order valence-electron chi connectivity index (χ3n) is 2.26. The SMILES string of the molecule is CCc1nc(C(=O)NC(C)(C)CCO)n[nH]1. The third-order valence-corrected chi connectivity index (χ3v) is 2.26. The van der Waals surface area contributed by atoms with Crippen LogP contribution in [0.15, 0.2) is 0 Å². The molecule has 0 atom stereocenters. The van der Waals surface area contributed by atoms with Gasteiger partial charge in [-0.25, -0.2) is 4.98 Å². The van der Waals surface area contributed by atoms with Crippen molar-refractivity contribution in [2.75, 3.05) is 6.61 Å². The van der Waals surface area contributed by atoms with Crippen molar-refractivity contribution in [1.29, 1.82) is 0 Å². The fraction of sp³-hybridized carbons (Fsp3) is 0.700. The minimum atomic E-state index is -0.459. The molecule has 0 saturated heterocycles. The van der Waals surface area contributed by atoms with E-state index < -0.39 is 5.54 Å². The molecule has 0 aliphatic carbocycles. The predicted octanol–water partition coefficient (Wildman–Crippen LogP) is 0.258. The van der Waals surface area contributed by atoms with Gasteiger partial charge in [0.25, 0.3) is 5.91 Å². The van der Waals surface area contributed by atoms with E-state index in [2.05, 4.69) is 20.5 Å². The van der Waals surface area contributed by atoms with Gasteiger partial charge in [-0.2, -0.15) is 0 Å². The number of amides is 1. The fourth-order valence-corrected chi connectivity index (χ4v) is 1.26. The lowest BCUT2D eigenvalue weighted by Gasteiger charge is -2.24. The number of nitrogens with zero attached hydrogens (tertiary/aromatic N) is 2. The van der Waals surface area contributed by atoms with Gasteiger partial charge in [0, 0.05) is 18.6 Å². The van der Waals surface area contributed by atoms with Crippen LogP contribution in [-0.4, -0.2) is 38.3 Å². The van der Waals surface area contributed by atoms with Gasteiger partial charge in [0.1, 0.15) is 5.82 Å². The second-order valence-corrected chi connectivity index (χ2v) is 4.27. The molecule has 0 aromatic carbocycles. The van der Waals surface area contributed by atoms with Crippen LogP contribution in [0, 0.1) is 0 Å². The van der Waals surface area contributed by atoms with Gasteiger partial charge in [-0.15, -0.1) is 5.10 Å². The normalized spacial score (nSPS) is 11.5. The second kappa shape index (κ2) is 5.07. The van der Waals surface area contributed by atoms with Crippen LogP contribution in [0.1, 0.15) is 43.6 Å². The van der Waals surface area contributed by atoms with Crippen LogP contribution in [0.3, 0.4) is 0 Å². The number of aliphatic hydroxyl groups is 1. The summed E-state index contributed by atoms with van der Waals surface area (Å²) in [6, 6.07) is 0. The number of rotatable bonds is 5. The molecule has 6 heteroatoms. The standard InChI is InChI=1S/C10H18N4O2/c1-4-7-11-8(14-13-7)9(16)12-10(2,3)5-6-15/h15H,4-6H2,1-3H3,(H,12,16)(H,11,13,14). The summed E-state index contributed by atoms with van der Waals surface area (Å²) in [4.78, 5) is 15.8. The number of aliphatic hydroxyl groups excluding tert-OH is 1. The Balaban J connectivity index is 2.65. The lowest BCUT2D eigenvalue weighted by molar-refractivity contribution is 0.0889. The predicted molar refractivity (Wildman–Crippen MR) is 59.0 cm³/mol. The van der Waals surface area contributed by atoms with Crippen LogP contribution in [0.5, 0.6) is 0 Å². The minimum absolute atomic E-state index is 0.0293. The van der Waals surface area contributed by atoms with Crippen molar-refractivity contribution < 1.29 is 9.90 Å². The molecule has 0 aliphatic rings. The van der Waals surface area contributed by atoms with E-state index in [1.807, 2.05) is 20.8 Å².